The van der Waals surface area contributed by atoms with E-state index in [2.05, 4.69) is 10.3 Å². The Kier molecular flexibility index (Phi) is 3.87. The van der Waals surface area contributed by atoms with E-state index < -0.39 is 11.9 Å². The van der Waals surface area contributed by atoms with Gasteiger partial charge in [-0.2, -0.15) is 0 Å². The highest BCUT2D eigenvalue weighted by Gasteiger charge is 2.10. The summed E-state index contributed by atoms with van der Waals surface area (Å²) in [7, 11) is 0. The van der Waals surface area contributed by atoms with Crippen molar-refractivity contribution in [2.45, 2.75) is 6.54 Å². The number of hydrogen-bond donors (Lipinski definition) is 2. The van der Waals surface area contributed by atoms with Crippen molar-refractivity contribution >= 4 is 11.9 Å². The van der Waals surface area contributed by atoms with Gasteiger partial charge in [0.1, 0.15) is 11.4 Å². The van der Waals surface area contributed by atoms with E-state index in [1.54, 1.807) is 0 Å². The number of aromatic carboxylic acids is 1. The maximum absolute atomic E-state index is 11.8. The zero-order chi connectivity index (χ0) is 13.7. The zero-order valence-electron chi connectivity index (χ0n) is 10.0. The lowest BCUT2D eigenvalue weighted by Crippen LogP contribution is -2.24. The molecule has 0 spiro atoms. The van der Waals surface area contributed by atoms with Gasteiger partial charge < -0.3 is 10.4 Å². The Labute approximate surface area is 109 Å². The highest BCUT2D eigenvalue weighted by molar-refractivity contribution is 5.94. The number of carbonyl (C=O) groups excluding carboxylic acids is 1. The minimum absolute atomic E-state index is 0.0934. The predicted molar refractivity (Wildman–Crippen MR) is 68.8 cm³/mol. The molecule has 0 saturated carbocycles. The molecule has 2 rings (SSSR count). The monoisotopic (exact) mass is 256 g/mol. The van der Waals surface area contributed by atoms with Crippen molar-refractivity contribution < 1.29 is 14.7 Å². The Bertz CT molecular complexity index is 597. The van der Waals surface area contributed by atoms with Crippen LogP contribution in [-0.4, -0.2) is 22.0 Å². The molecule has 0 aliphatic heterocycles. The lowest BCUT2D eigenvalue weighted by Gasteiger charge is -2.05. The Morgan fingerprint density at radius 2 is 1.68 bits per heavy atom. The fourth-order valence-electron chi connectivity index (χ4n) is 1.55. The van der Waals surface area contributed by atoms with Gasteiger partial charge in [-0.05, 0) is 17.7 Å². The van der Waals surface area contributed by atoms with Crippen molar-refractivity contribution in [1.82, 2.24) is 10.3 Å². The number of amides is 1. The van der Waals surface area contributed by atoms with Crippen LogP contribution >= 0.6 is 0 Å². The van der Waals surface area contributed by atoms with Gasteiger partial charge in [0.2, 0.25) is 0 Å². The summed E-state index contributed by atoms with van der Waals surface area (Å²) in [6, 6.07) is 13.7. The predicted octanol–water partition coefficient (Wildman–Crippen LogP) is 1.71. The first-order valence-electron chi connectivity index (χ1n) is 5.69. The Hall–Kier alpha value is -2.69. The molecule has 0 aliphatic carbocycles. The lowest BCUT2D eigenvalue weighted by molar-refractivity contribution is 0.0690. The summed E-state index contributed by atoms with van der Waals surface area (Å²) in [4.78, 5) is 26.4. The number of hydrogen-bond acceptors (Lipinski definition) is 3. The van der Waals surface area contributed by atoms with Crippen molar-refractivity contribution in [3.63, 3.8) is 0 Å². The molecule has 5 heteroatoms. The molecule has 2 aromatic rings. The number of nitrogens with zero attached hydrogens (tertiary/aromatic N) is 1. The van der Waals surface area contributed by atoms with Crippen LogP contribution < -0.4 is 5.32 Å². The molecule has 96 valence electrons. The molecular formula is C14H12N2O3. The number of pyridine rings is 1. The van der Waals surface area contributed by atoms with E-state index in [1.165, 1.54) is 18.2 Å². The molecule has 0 saturated heterocycles. The summed E-state index contributed by atoms with van der Waals surface area (Å²) in [6.07, 6.45) is 0. The van der Waals surface area contributed by atoms with Gasteiger partial charge in [0.05, 0.1) is 0 Å². The van der Waals surface area contributed by atoms with Crippen LogP contribution in [-0.2, 0) is 6.54 Å². The average Bonchev–Trinajstić information content (AvgIpc) is 2.46. The summed E-state index contributed by atoms with van der Waals surface area (Å²) in [5.41, 5.74) is 0.911. The van der Waals surface area contributed by atoms with Crippen LogP contribution in [0.3, 0.4) is 0 Å². The van der Waals surface area contributed by atoms with Gasteiger partial charge in [-0.1, -0.05) is 36.4 Å². The smallest absolute Gasteiger partial charge is 0.354 e. The highest BCUT2D eigenvalue weighted by atomic mass is 16.4. The Morgan fingerprint density at radius 1 is 1.00 bits per heavy atom. The second kappa shape index (κ2) is 5.77. The van der Waals surface area contributed by atoms with E-state index in [0.717, 1.165) is 5.56 Å². The number of aromatic nitrogens is 1. The van der Waals surface area contributed by atoms with Gasteiger partial charge in [0.25, 0.3) is 5.91 Å². The van der Waals surface area contributed by atoms with Gasteiger partial charge in [-0.15, -0.1) is 0 Å². The normalized spacial score (nSPS) is 9.89. The van der Waals surface area contributed by atoms with Crippen LogP contribution in [0.2, 0.25) is 0 Å². The molecule has 5 nitrogen and oxygen atoms in total. The number of carboxylic acids is 1. The maximum Gasteiger partial charge on any atom is 0.354 e. The molecule has 2 N–H and O–H groups in total. The summed E-state index contributed by atoms with van der Waals surface area (Å²) >= 11 is 0. The number of carboxylic acid groups (broad SMARTS) is 1. The Balaban J connectivity index is 2.04. The van der Waals surface area contributed by atoms with Crippen molar-refractivity contribution in [3.8, 4) is 0 Å². The molecule has 0 aliphatic rings. The third kappa shape index (κ3) is 3.38. The molecule has 1 aromatic heterocycles. The molecule has 0 bridgehead atoms. The summed E-state index contributed by atoms with van der Waals surface area (Å²) < 4.78 is 0. The van der Waals surface area contributed by atoms with Crippen LogP contribution in [0.5, 0.6) is 0 Å². The standard InChI is InChI=1S/C14H12N2O3/c17-13(15-9-10-5-2-1-3-6-10)11-7-4-8-12(16-11)14(18)19/h1-8H,9H2,(H,15,17)(H,18,19). The maximum atomic E-state index is 11.8. The van der Waals surface area contributed by atoms with Crippen LogP contribution in [0, 0.1) is 0 Å². The van der Waals surface area contributed by atoms with Crippen LogP contribution in [0.15, 0.2) is 48.5 Å². The zero-order valence-corrected chi connectivity index (χ0v) is 10.0. The van der Waals surface area contributed by atoms with Gasteiger partial charge in [0, 0.05) is 6.54 Å². The lowest BCUT2D eigenvalue weighted by atomic mass is 10.2. The van der Waals surface area contributed by atoms with Gasteiger partial charge in [-0.3, -0.25) is 4.79 Å². The summed E-state index contributed by atoms with van der Waals surface area (Å²) in [6.45, 7) is 0.374. The molecule has 19 heavy (non-hydrogen) atoms. The van der Waals surface area contributed by atoms with Crippen molar-refractivity contribution in [2.24, 2.45) is 0 Å². The molecule has 1 aromatic carbocycles. The molecule has 0 fully saturated rings. The molecule has 0 atom stereocenters. The number of nitrogens with one attached hydrogen (secondary N) is 1. The third-order valence-corrected chi connectivity index (χ3v) is 2.50. The quantitative estimate of drug-likeness (QED) is 0.872. The fraction of sp³-hybridized carbons (Fsp3) is 0.0714. The minimum atomic E-state index is -1.15. The van der Waals surface area contributed by atoms with Gasteiger partial charge >= 0.3 is 5.97 Å². The first-order valence-corrected chi connectivity index (χ1v) is 5.69. The van der Waals surface area contributed by atoms with E-state index in [-0.39, 0.29) is 11.4 Å². The molecule has 0 unspecified atom stereocenters. The van der Waals surface area contributed by atoms with Gasteiger partial charge in [-0.25, -0.2) is 9.78 Å². The van der Waals surface area contributed by atoms with E-state index in [9.17, 15) is 9.59 Å². The SMILES string of the molecule is O=C(O)c1cccc(C(=O)NCc2ccccc2)n1. The Morgan fingerprint density at radius 3 is 2.37 bits per heavy atom. The first kappa shape index (κ1) is 12.8. The van der Waals surface area contributed by atoms with E-state index >= 15 is 0 Å². The van der Waals surface area contributed by atoms with Gasteiger partial charge in [0.15, 0.2) is 0 Å². The third-order valence-electron chi connectivity index (χ3n) is 2.50. The fourth-order valence-corrected chi connectivity index (χ4v) is 1.55. The summed E-state index contributed by atoms with van der Waals surface area (Å²) in [5.74, 6) is -1.55. The number of benzene rings is 1. The molecular weight excluding hydrogens is 244 g/mol. The first-order chi connectivity index (χ1) is 9.16. The minimum Gasteiger partial charge on any atom is -0.477 e. The summed E-state index contributed by atoms with van der Waals surface area (Å²) in [5, 5.41) is 11.5. The van der Waals surface area contributed by atoms with Crippen LogP contribution in [0.1, 0.15) is 26.5 Å². The van der Waals surface area contributed by atoms with E-state index in [4.69, 9.17) is 5.11 Å². The topological polar surface area (TPSA) is 79.3 Å². The number of rotatable bonds is 4. The molecule has 1 heterocycles. The second-order valence-electron chi connectivity index (χ2n) is 3.88. The number of carbonyl (C=O) groups is 2. The van der Waals surface area contributed by atoms with E-state index in [1.807, 2.05) is 30.3 Å². The van der Waals surface area contributed by atoms with Crippen LogP contribution in [0.4, 0.5) is 0 Å². The van der Waals surface area contributed by atoms with Crippen molar-refractivity contribution in [1.29, 1.82) is 0 Å². The average molecular weight is 256 g/mol. The van der Waals surface area contributed by atoms with Crippen molar-refractivity contribution in [2.75, 3.05) is 0 Å². The van der Waals surface area contributed by atoms with Crippen molar-refractivity contribution in [3.05, 3.63) is 65.5 Å². The largest absolute Gasteiger partial charge is 0.477 e. The second-order valence-corrected chi connectivity index (χ2v) is 3.88. The molecule has 0 radical (unpaired) electrons. The van der Waals surface area contributed by atoms with E-state index in [0.29, 0.717) is 6.54 Å². The van der Waals surface area contributed by atoms with Crippen LogP contribution in [0.25, 0.3) is 0 Å². The highest BCUT2D eigenvalue weighted by Crippen LogP contribution is 2.01. The molecule has 1 amide bonds.